The first kappa shape index (κ1) is 16.0. The maximum absolute atomic E-state index is 12.1. The van der Waals surface area contributed by atoms with Crippen LogP contribution in [-0.4, -0.2) is 21.9 Å². The molecule has 0 bridgehead atoms. The van der Waals surface area contributed by atoms with Crippen LogP contribution in [0.3, 0.4) is 0 Å². The Bertz CT molecular complexity index is 679. The average molecular weight is 351 g/mol. The fourth-order valence-electron chi connectivity index (χ4n) is 2.58. The molecule has 23 heavy (non-hydrogen) atoms. The number of para-hydroxylation sites is 1. The third kappa shape index (κ3) is 3.92. The molecule has 7 heteroatoms. The molecule has 1 heterocycles. The number of hydrogen-bond donors (Lipinski definition) is 2. The van der Waals surface area contributed by atoms with E-state index in [0.717, 1.165) is 25.7 Å². The molecule has 0 saturated heterocycles. The van der Waals surface area contributed by atoms with E-state index in [4.69, 9.17) is 23.2 Å². The molecule has 5 nitrogen and oxygen atoms in total. The molecule has 2 N–H and O–H groups in total. The minimum atomic E-state index is -0.188. The van der Waals surface area contributed by atoms with Crippen LogP contribution in [0.5, 0.6) is 0 Å². The maximum atomic E-state index is 12.1. The Morgan fingerprint density at radius 3 is 2.39 bits per heavy atom. The molecule has 1 aromatic carbocycles. The van der Waals surface area contributed by atoms with E-state index < -0.39 is 0 Å². The minimum Gasteiger partial charge on any atom is -0.348 e. The van der Waals surface area contributed by atoms with Crippen molar-refractivity contribution in [1.82, 2.24) is 15.3 Å². The smallest absolute Gasteiger partial charge is 0.271 e. The second-order valence-electron chi connectivity index (χ2n) is 5.46. The molecule has 1 aliphatic rings. The van der Waals surface area contributed by atoms with E-state index in [1.807, 2.05) is 0 Å². The molecule has 0 spiro atoms. The highest BCUT2D eigenvalue weighted by Gasteiger charge is 2.18. The molecule has 2 aromatic rings. The van der Waals surface area contributed by atoms with Crippen molar-refractivity contribution in [2.75, 3.05) is 5.32 Å². The summed E-state index contributed by atoms with van der Waals surface area (Å²) in [7, 11) is 0. The van der Waals surface area contributed by atoms with Crippen molar-refractivity contribution in [2.24, 2.45) is 0 Å². The lowest BCUT2D eigenvalue weighted by atomic mass is 10.2. The largest absolute Gasteiger partial charge is 0.348 e. The number of carbonyl (C=O) groups is 1. The molecule has 0 atom stereocenters. The van der Waals surface area contributed by atoms with Crippen LogP contribution in [0, 0.1) is 0 Å². The van der Waals surface area contributed by atoms with Gasteiger partial charge < -0.3 is 10.6 Å². The summed E-state index contributed by atoms with van der Waals surface area (Å²) >= 11 is 12.2. The van der Waals surface area contributed by atoms with Gasteiger partial charge in [-0.25, -0.2) is 9.97 Å². The summed E-state index contributed by atoms with van der Waals surface area (Å²) < 4.78 is 0. The number of hydrogen-bond acceptors (Lipinski definition) is 4. The second-order valence-corrected chi connectivity index (χ2v) is 6.28. The predicted molar refractivity (Wildman–Crippen MR) is 91.5 cm³/mol. The van der Waals surface area contributed by atoms with Crippen LogP contribution in [0.2, 0.25) is 10.0 Å². The van der Waals surface area contributed by atoms with Gasteiger partial charge in [0.25, 0.3) is 5.91 Å². The van der Waals surface area contributed by atoms with Crippen molar-refractivity contribution in [2.45, 2.75) is 31.7 Å². The van der Waals surface area contributed by atoms with Gasteiger partial charge in [-0.05, 0) is 25.0 Å². The molecule has 1 amide bonds. The molecule has 1 aromatic heterocycles. The molecule has 0 aliphatic heterocycles. The van der Waals surface area contributed by atoms with Gasteiger partial charge in [0.1, 0.15) is 11.5 Å². The van der Waals surface area contributed by atoms with Crippen molar-refractivity contribution < 1.29 is 4.79 Å². The number of carbonyl (C=O) groups excluding carboxylic acids is 1. The monoisotopic (exact) mass is 350 g/mol. The summed E-state index contributed by atoms with van der Waals surface area (Å²) in [5.74, 6) is 0.282. The quantitative estimate of drug-likeness (QED) is 0.866. The van der Waals surface area contributed by atoms with Crippen LogP contribution in [0.4, 0.5) is 11.5 Å². The van der Waals surface area contributed by atoms with Crippen LogP contribution < -0.4 is 10.6 Å². The maximum Gasteiger partial charge on any atom is 0.271 e. The Morgan fingerprint density at radius 2 is 1.78 bits per heavy atom. The highest BCUT2D eigenvalue weighted by Crippen LogP contribution is 2.31. The molecular formula is C16H16Cl2N4O. The molecular weight excluding hydrogens is 335 g/mol. The Balaban J connectivity index is 1.68. The first-order valence-corrected chi connectivity index (χ1v) is 8.23. The standard InChI is InChI=1S/C16H16Cl2N4O/c17-11-6-3-7-12(18)15(11)22-14-9-19-13(8-20-14)16(23)21-10-4-1-2-5-10/h3,6-10H,1-2,4-5H2,(H,20,22)(H,21,23). The SMILES string of the molecule is O=C(NC1CCCC1)c1cnc(Nc2c(Cl)cccc2Cl)cn1. The van der Waals surface area contributed by atoms with E-state index in [-0.39, 0.29) is 11.9 Å². The summed E-state index contributed by atoms with van der Waals surface area (Å²) in [6.07, 6.45) is 7.32. The van der Waals surface area contributed by atoms with E-state index >= 15 is 0 Å². The number of amides is 1. The van der Waals surface area contributed by atoms with E-state index in [1.165, 1.54) is 12.4 Å². The lowest BCUT2D eigenvalue weighted by molar-refractivity contribution is 0.0932. The zero-order chi connectivity index (χ0) is 16.2. The molecule has 1 fully saturated rings. The highest BCUT2D eigenvalue weighted by molar-refractivity contribution is 6.39. The number of halogens is 2. The third-order valence-corrected chi connectivity index (χ3v) is 4.42. The Hall–Kier alpha value is -1.85. The van der Waals surface area contributed by atoms with E-state index in [0.29, 0.717) is 27.2 Å². The normalized spacial score (nSPS) is 14.7. The number of benzene rings is 1. The minimum absolute atomic E-state index is 0.188. The van der Waals surface area contributed by atoms with Gasteiger partial charge in [-0.2, -0.15) is 0 Å². The fraction of sp³-hybridized carbons (Fsp3) is 0.312. The summed E-state index contributed by atoms with van der Waals surface area (Å²) in [5.41, 5.74) is 0.862. The van der Waals surface area contributed by atoms with Crippen LogP contribution >= 0.6 is 23.2 Å². The van der Waals surface area contributed by atoms with Gasteiger partial charge in [0.05, 0.1) is 28.1 Å². The summed E-state index contributed by atoms with van der Waals surface area (Å²) in [5, 5.41) is 6.97. The Labute approximate surface area is 144 Å². The lowest BCUT2D eigenvalue weighted by Crippen LogP contribution is -2.33. The average Bonchev–Trinajstić information content (AvgIpc) is 3.04. The zero-order valence-electron chi connectivity index (χ0n) is 12.4. The van der Waals surface area contributed by atoms with Crippen molar-refractivity contribution in [1.29, 1.82) is 0 Å². The van der Waals surface area contributed by atoms with Crippen LogP contribution in [0.25, 0.3) is 0 Å². The van der Waals surface area contributed by atoms with Gasteiger partial charge in [-0.15, -0.1) is 0 Å². The summed E-state index contributed by atoms with van der Waals surface area (Å²) in [4.78, 5) is 20.5. The topological polar surface area (TPSA) is 66.9 Å². The molecule has 1 saturated carbocycles. The molecule has 1 aliphatic carbocycles. The zero-order valence-corrected chi connectivity index (χ0v) is 13.9. The first-order chi connectivity index (χ1) is 11.1. The van der Waals surface area contributed by atoms with Crippen LogP contribution in [0.15, 0.2) is 30.6 Å². The van der Waals surface area contributed by atoms with Crippen LogP contribution in [0.1, 0.15) is 36.2 Å². The van der Waals surface area contributed by atoms with Crippen molar-refractivity contribution in [3.05, 3.63) is 46.3 Å². The molecule has 0 unspecified atom stereocenters. The van der Waals surface area contributed by atoms with Gasteiger partial charge >= 0.3 is 0 Å². The second kappa shape index (κ2) is 7.15. The van der Waals surface area contributed by atoms with Crippen LogP contribution in [-0.2, 0) is 0 Å². The van der Waals surface area contributed by atoms with Gasteiger partial charge in [-0.1, -0.05) is 42.1 Å². The molecule has 3 rings (SSSR count). The van der Waals surface area contributed by atoms with Gasteiger partial charge in [0.2, 0.25) is 0 Å². The molecule has 0 radical (unpaired) electrons. The van der Waals surface area contributed by atoms with Gasteiger partial charge in [0.15, 0.2) is 0 Å². The number of anilines is 2. The van der Waals surface area contributed by atoms with Crippen molar-refractivity contribution >= 4 is 40.6 Å². The number of nitrogens with one attached hydrogen (secondary N) is 2. The Morgan fingerprint density at radius 1 is 1.09 bits per heavy atom. The van der Waals surface area contributed by atoms with E-state index in [9.17, 15) is 4.79 Å². The summed E-state index contributed by atoms with van der Waals surface area (Å²) in [6.45, 7) is 0. The predicted octanol–water partition coefficient (Wildman–Crippen LogP) is 4.20. The molecule has 120 valence electrons. The lowest BCUT2D eigenvalue weighted by Gasteiger charge is -2.12. The van der Waals surface area contributed by atoms with E-state index in [2.05, 4.69) is 20.6 Å². The number of aromatic nitrogens is 2. The fourth-order valence-corrected chi connectivity index (χ4v) is 3.08. The van der Waals surface area contributed by atoms with Crippen molar-refractivity contribution in [3.8, 4) is 0 Å². The number of nitrogens with zero attached hydrogens (tertiary/aromatic N) is 2. The first-order valence-electron chi connectivity index (χ1n) is 7.47. The van der Waals surface area contributed by atoms with Crippen molar-refractivity contribution in [3.63, 3.8) is 0 Å². The van der Waals surface area contributed by atoms with Gasteiger partial charge in [-0.3, -0.25) is 4.79 Å². The Kier molecular flexibility index (Phi) is 4.98. The van der Waals surface area contributed by atoms with Gasteiger partial charge in [0, 0.05) is 6.04 Å². The highest BCUT2D eigenvalue weighted by atomic mass is 35.5. The van der Waals surface area contributed by atoms with E-state index in [1.54, 1.807) is 18.2 Å². The summed E-state index contributed by atoms with van der Waals surface area (Å²) in [6, 6.07) is 5.47. The third-order valence-electron chi connectivity index (χ3n) is 3.79. The number of rotatable bonds is 4.